The van der Waals surface area contributed by atoms with Gasteiger partial charge in [-0.2, -0.15) is 0 Å². The van der Waals surface area contributed by atoms with Crippen molar-refractivity contribution in [2.75, 3.05) is 0 Å². The molecule has 2 aliphatic carbocycles. The first kappa shape index (κ1) is 22.7. The van der Waals surface area contributed by atoms with Gasteiger partial charge in [-0.05, 0) is 99.5 Å². The molecule has 0 radical (unpaired) electrons. The highest BCUT2D eigenvalue weighted by atomic mass is 16.5. The first-order valence-corrected chi connectivity index (χ1v) is 12.2. The average Bonchev–Trinajstić information content (AvgIpc) is 2.79. The van der Waals surface area contributed by atoms with Crippen molar-refractivity contribution >= 4 is 5.97 Å². The Morgan fingerprint density at radius 1 is 0.967 bits per heavy atom. The van der Waals surface area contributed by atoms with Crippen molar-refractivity contribution in [3.63, 3.8) is 0 Å². The zero-order valence-electron chi connectivity index (χ0n) is 18.9. The third-order valence-corrected chi connectivity index (χ3v) is 7.09. The number of carbonyl (C=O) groups is 1. The molecule has 162 valence electrons. The minimum Gasteiger partial charge on any atom is -0.426 e. The lowest BCUT2D eigenvalue weighted by molar-refractivity contribution is -0.140. The Bertz CT molecular complexity index is 733. The molecule has 0 bridgehead atoms. The van der Waals surface area contributed by atoms with Gasteiger partial charge in [0.15, 0.2) is 0 Å². The van der Waals surface area contributed by atoms with E-state index in [0.29, 0.717) is 11.7 Å². The van der Waals surface area contributed by atoms with E-state index < -0.39 is 0 Å². The van der Waals surface area contributed by atoms with E-state index in [1.807, 2.05) is 30.3 Å². The van der Waals surface area contributed by atoms with E-state index in [2.05, 4.69) is 31.8 Å². The molecule has 0 aliphatic heterocycles. The number of allylic oxidation sites excluding steroid dienone is 2. The minimum atomic E-state index is -0.0653. The second-order valence-electron chi connectivity index (χ2n) is 9.27. The molecule has 30 heavy (non-hydrogen) atoms. The van der Waals surface area contributed by atoms with Crippen LogP contribution in [0.15, 0.2) is 36.4 Å². The third kappa shape index (κ3) is 7.05. The smallest absolute Gasteiger partial charge is 0.314 e. The molecule has 2 fully saturated rings. The maximum absolute atomic E-state index is 12.5. The molecule has 3 rings (SSSR count). The molecule has 2 aliphatic rings. The van der Waals surface area contributed by atoms with Crippen molar-refractivity contribution in [2.45, 2.75) is 84.5 Å². The van der Waals surface area contributed by atoms with Crippen LogP contribution in [-0.4, -0.2) is 5.97 Å². The maximum atomic E-state index is 12.5. The summed E-state index contributed by atoms with van der Waals surface area (Å²) < 4.78 is 5.63. The van der Waals surface area contributed by atoms with E-state index in [1.165, 1.54) is 44.9 Å². The van der Waals surface area contributed by atoms with Crippen LogP contribution in [0, 0.1) is 35.5 Å². The number of carbonyl (C=O) groups excluding carboxylic acids is 1. The summed E-state index contributed by atoms with van der Waals surface area (Å²) in [4.78, 5) is 12.5. The Kier molecular flexibility index (Phi) is 9.06. The van der Waals surface area contributed by atoms with Crippen LogP contribution in [-0.2, 0) is 4.79 Å². The minimum absolute atomic E-state index is 0.0649. The zero-order chi connectivity index (χ0) is 21.2. The zero-order valence-corrected chi connectivity index (χ0v) is 18.9. The Morgan fingerprint density at radius 2 is 1.63 bits per heavy atom. The predicted molar refractivity (Wildman–Crippen MR) is 124 cm³/mol. The molecule has 0 heterocycles. The van der Waals surface area contributed by atoms with Gasteiger partial charge in [-0.25, -0.2) is 0 Å². The normalized spacial score (nSPS) is 26.7. The number of hydrogen-bond donors (Lipinski definition) is 0. The number of benzene rings is 1. The van der Waals surface area contributed by atoms with E-state index in [-0.39, 0.29) is 11.9 Å². The fraction of sp³-hybridized carbons (Fsp3) is 0.607. The van der Waals surface area contributed by atoms with Gasteiger partial charge in [0.25, 0.3) is 0 Å². The number of hydrogen-bond acceptors (Lipinski definition) is 2. The highest BCUT2D eigenvalue weighted by molar-refractivity contribution is 5.75. The molecule has 2 nitrogen and oxygen atoms in total. The Labute approximate surface area is 183 Å². The molecule has 0 N–H and O–H groups in total. The van der Waals surface area contributed by atoms with E-state index in [0.717, 1.165) is 43.1 Å². The fourth-order valence-electron chi connectivity index (χ4n) is 5.00. The molecule has 2 heteroatoms. The maximum Gasteiger partial charge on any atom is 0.314 e. The van der Waals surface area contributed by atoms with E-state index in [4.69, 9.17) is 4.74 Å². The molecule has 0 unspecified atom stereocenters. The lowest BCUT2D eigenvalue weighted by atomic mass is 9.80. The summed E-state index contributed by atoms with van der Waals surface area (Å²) in [6.45, 7) is 4.54. The van der Waals surface area contributed by atoms with Crippen molar-refractivity contribution in [1.82, 2.24) is 0 Å². The van der Waals surface area contributed by atoms with Crippen molar-refractivity contribution < 1.29 is 9.53 Å². The van der Waals surface area contributed by atoms with Gasteiger partial charge in [-0.1, -0.05) is 51.0 Å². The summed E-state index contributed by atoms with van der Waals surface area (Å²) >= 11 is 0. The second-order valence-corrected chi connectivity index (χ2v) is 9.27. The Hall–Kier alpha value is -2.01. The van der Waals surface area contributed by atoms with Crippen LogP contribution < -0.4 is 4.74 Å². The number of esters is 1. The molecule has 0 spiro atoms. The Morgan fingerprint density at radius 3 is 2.27 bits per heavy atom. The molecule has 0 amide bonds. The molecule has 1 aromatic rings. The van der Waals surface area contributed by atoms with Gasteiger partial charge in [-0.15, -0.1) is 0 Å². The van der Waals surface area contributed by atoms with Gasteiger partial charge in [0.1, 0.15) is 5.75 Å². The first-order chi connectivity index (χ1) is 14.7. The predicted octanol–water partition coefficient (Wildman–Crippen LogP) is 7.32. The van der Waals surface area contributed by atoms with E-state index >= 15 is 0 Å². The van der Waals surface area contributed by atoms with E-state index in [9.17, 15) is 4.79 Å². The lowest BCUT2D eigenvalue weighted by Gasteiger charge is -2.26. The lowest BCUT2D eigenvalue weighted by Crippen LogP contribution is -2.25. The van der Waals surface area contributed by atoms with Crippen molar-refractivity contribution in [2.24, 2.45) is 23.7 Å². The largest absolute Gasteiger partial charge is 0.426 e. The van der Waals surface area contributed by atoms with Gasteiger partial charge < -0.3 is 4.74 Å². The SMILES string of the molecule is CCC[C@H]1CC[C@H](C(=O)Oc2ccc(C#C/C=C/[C@H]3CC[C@H](CC)CC3)cc2)CC1. The summed E-state index contributed by atoms with van der Waals surface area (Å²) in [5.74, 6) is 9.41. The topological polar surface area (TPSA) is 26.3 Å². The van der Waals surface area contributed by atoms with Crippen LogP contribution in [0.2, 0.25) is 0 Å². The number of ether oxygens (including phenoxy) is 1. The highest BCUT2D eigenvalue weighted by Gasteiger charge is 2.27. The molecule has 0 atom stereocenters. The molecular formula is C28H38O2. The van der Waals surface area contributed by atoms with Gasteiger partial charge >= 0.3 is 5.97 Å². The van der Waals surface area contributed by atoms with Gasteiger partial charge in [0.2, 0.25) is 0 Å². The highest BCUT2D eigenvalue weighted by Crippen LogP contribution is 2.33. The summed E-state index contributed by atoms with van der Waals surface area (Å²) in [5.41, 5.74) is 0.953. The molecule has 1 aromatic carbocycles. The average molecular weight is 407 g/mol. The molecule has 0 saturated heterocycles. The van der Waals surface area contributed by atoms with Crippen molar-refractivity contribution in [1.29, 1.82) is 0 Å². The summed E-state index contributed by atoms with van der Waals surface area (Å²) in [5, 5.41) is 0. The third-order valence-electron chi connectivity index (χ3n) is 7.09. The number of rotatable bonds is 6. The summed E-state index contributed by atoms with van der Waals surface area (Å²) in [6, 6.07) is 7.60. The molecular weight excluding hydrogens is 368 g/mol. The second kappa shape index (κ2) is 12.0. The fourth-order valence-corrected chi connectivity index (χ4v) is 5.00. The molecule has 0 aromatic heterocycles. The summed E-state index contributed by atoms with van der Waals surface area (Å²) in [6.07, 6.45) is 17.7. The van der Waals surface area contributed by atoms with Crippen LogP contribution in [0.5, 0.6) is 5.75 Å². The van der Waals surface area contributed by atoms with Crippen LogP contribution >= 0.6 is 0 Å². The van der Waals surface area contributed by atoms with Crippen LogP contribution in [0.3, 0.4) is 0 Å². The van der Waals surface area contributed by atoms with Gasteiger partial charge in [-0.3, -0.25) is 4.79 Å². The van der Waals surface area contributed by atoms with Crippen LogP contribution in [0.25, 0.3) is 0 Å². The van der Waals surface area contributed by atoms with Crippen molar-refractivity contribution in [3.8, 4) is 17.6 Å². The van der Waals surface area contributed by atoms with Crippen LogP contribution in [0.4, 0.5) is 0 Å². The quantitative estimate of drug-likeness (QED) is 0.281. The van der Waals surface area contributed by atoms with Gasteiger partial charge in [0, 0.05) is 5.56 Å². The van der Waals surface area contributed by atoms with Crippen molar-refractivity contribution in [3.05, 3.63) is 42.0 Å². The first-order valence-electron chi connectivity index (χ1n) is 12.2. The van der Waals surface area contributed by atoms with E-state index in [1.54, 1.807) is 0 Å². The van der Waals surface area contributed by atoms with Gasteiger partial charge in [0.05, 0.1) is 5.92 Å². The standard InChI is InChI=1S/C28H38O2/c1-3-7-23-14-18-26(19-15-23)28(29)30-27-20-16-25(17-21-27)9-6-5-8-24-12-10-22(4-2)11-13-24/h5,8,16-17,20-24,26H,3-4,7,10-15,18-19H2,1-2H3/b8-5+/t22-,23-,24-,26-. The molecule has 2 saturated carbocycles. The Balaban J connectivity index is 1.42. The monoisotopic (exact) mass is 406 g/mol. The summed E-state index contributed by atoms with van der Waals surface area (Å²) in [7, 11) is 0. The van der Waals surface area contributed by atoms with Crippen LogP contribution in [0.1, 0.15) is 90.0 Å².